The summed E-state index contributed by atoms with van der Waals surface area (Å²) in [6.45, 7) is 8.18. The van der Waals surface area contributed by atoms with Gasteiger partial charge in [-0.3, -0.25) is 4.79 Å². The third kappa shape index (κ3) is 3.51. The second-order valence-corrected chi connectivity index (χ2v) is 10.6. The number of benzene rings is 1. The van der Waals surface area contributed by atoms with Crippen LogP contribution >= 0.6 is 12.4 Å². The minimum atomic E-state index is -3.49. The minimum absolute atomic E-state index is 0. The van der Waals surface area contributed by atoms with Gasteiger partial charge in [-0.15, -0.1) is 12.4 Å². The lowest BCUT2D eigenvalue weighted by Gasteiger charge is -2.37. The monoisotopic (exact) mass is 400 g/mol. The predicted molar refractivity (Wildman–Crippen MR) is 108 cm³/mol. The normalized spacial score (nSPS) is 19.6. The first kappa shape index (κ1) is 21.2. The highest BCUT2D eigenvalue weighted by atomic mass is 35.5. The fourth-order valence-electron chi connectivity index (χ4n) is 3.90. The molecule has 3 rings (SSSR count). The van der Waals surface area contributed by atoms with Crippen molar-refractivity contribution in [2.24, 2.45) is 0 Å². The zero-order valence-electron chi connectivity index (χ0n) is 16.0. The van der Waals surface area contributed by atoms with Gasteiger partial charge in [0.05, 0.1) is 0 Å². The molecule has 7 heteroatoms. The van der Waals surface area contributed by atoms with Gasteiger partial charge in [-0.1, -0.05) is 32.9 Å². The average molecular weight is 401 g/mol. The number of carbonyl (C=O) groups excluding carboxylic acids is 1. The number of anilines is 1. The van der Waals surface area contributed by atoms with Crippen LogP contribution in [0.15, 0.2) is 18.2 Å². The number of hydrogen-bond donors (Lipinski definition) is 1. The molecule has 0 aliphatic carbocycles. The summed E-state index contributed by atoms with van der Waals surface area (Å²) < 4.78 is 23.8. The Morgan fingerprint density at radius 3 is 2.35 bits per heavy atom. The number of carbonyl (C=O) groups is 1. The van der Waals surface area contributed by atoms with E-state index in [1.807, 2.05) is 6.07 Å². The van der Waals surface area contributed by atoms with Crippen LogP contribution in [0.2, 0.25) is 0 Å². The number of nitrogens with one attached hydrogen (secondary N) is 1. The molecule has 5 nitrogen and oxygen atoms in total. The first-order valence-electron chi connectivity index (χ1n) is 8.92. The summed E-state index contributed by atoms with van der Waals surface area (Å²) in [5.74, 6) is -0.251. The van der Waals surface area contributed by atoms with Gasteiger partial charge >= 0.3 is 0 Å². The Balaban J connectivity index is 0.00000243. The number of fused-ring (bicyclic) bond motifs is 1. The van der Waals surface area contributed by atoms with E-state index in [2.05, 4.69) is 38.2 Å². The Morgan fingerprint density at radius 2 is 1.81 bits per heavy atom. The molecule has 0 atom stereocenters. The number of piperidine rings is 1. The number of sulfone groups is 1. The summed E-state index contributed by atoms with van der Waals surface area (Å²) in [5.41, 5.74) is 3.30. The van der Waals surface area contributed by atoms with Gasteiger partial charge in [0.1, 0.15) is 0 Å². The number of amides is 1. The Morgan fingerprint density at radius 1 is 1.19 bits per heavy atom. The molecule has 0 radical (unpaired) electrons. The lowest BCUT2D eigenvalue weighted by molar-refractivity contribution is -0.121. The van der Waals surface area contributed by atoms with Gasteiger partial charge in [0.15, 0.2) is 14.6 Å². The molecule has 0 aromatic heterocycles. The Kier molecular flexibility index (Phi) is 5.81. The summed E-state index contributed by atoms with van der Waals surface area (Å²) in [7, 11) is -3.49. The second kappa shape index (κ2) is 7.13. The van der Waals surface area contributed by atoms with E-state index in [-0.39, 0.29) is 23.7 Å². The maximum absolute atomic E-state index is 13.3. The lowest BCUT2D eigenvalue weighted by Crippen LogP contribution is -2.58. The van der Waals surface area contributed by atoms with Gasteiger partial charge in [-0.25, -0.2) is 8.42 Å². The van der Waals surface area contributed by atoms with Crippen molar-refractivity contribution in [2.75, 3.05) is 30.8 Å². The van der Waals surface area contributed by atoms with E-state index < -0.39 is 14.6 Å². The van der Waals surface area contributed by atoms with E-state index in [1.165, 1.54) is 11.8 Å². The van der Waals surface area contributed by atoms with E-state index >= 15 is 0 Å². The molecule has 2 heterocycles. The van der Waals surface area contributed by atoms with Gasteiger partial charge in [0.2, 0.25) is 5.91 Å². The fraction of sp³-hybridized carbons (Fsp3) is 0.632. The van der Waals surface area contributed by atoms with Gasteiger partial charge in [-0.05, 0) is 55.0 Å². The van der Waals surface area contributed by atoms with E-state index in [4.69, 9.17) is 0 Å². The molecule has 0 saturated carbocycles. The highest BCUT2D eigenvalue weighted by molar-refractivity contribution is 7.92. The molecule has 2 aliphatic rings. The summed E-state index contributed by atoms with van der Waals surface area (Å²) in [4.78, 5) is 15.0. The largest absolute Gasteiger partial charge is 0.317 e. The van der Waals surface area contributed by atoms with Gasteiger partial charge < -0.3 is 10.2 Å². The summed E-state index contributed by atoms with van der Waals surface area (Å²) in [6.07, 6.45) is 2.67. The van der Waals surface area contributed by atoms with Crippen LogP contribution in [-0.4, -0.2) is 45.0 Å². The van der Waals surface area contributed by atoms with Crippen molar-refractivity contribution in [1.82, 2.24) is 5.32 Å². The van der Waals surface area contributed by atoms with Crippen LogP contribution in [0, 0.1) is 0 Å². The highest BCUT2D eigenvalue weighted by Gasteiger charge is 2.51. The Labute approximate surface area is 162 Å². The SMILES string of the molecule is CC(C)(C)c1ccc2c(c1)CCN2C(=O)C1(S(C)(=O)=O)CCNCC1.Cl. The van der Waals surface area contributed by atoms with Crippen LogP contribution in [0.25, 0.3) is 0 Å². The maximum Gasteiger partial charge on any atom is 0.248 e. The van der Waals surface area contributed by atoms with Crippen molar-refractivity contribution in [3.05, 3.63) is 29.3 Å². The van der Waals surface area contributed by atoms with Gasteiger partial charge in [0, 0.05) is 18.5 Å². The third-order valence-electron chi connectivity index (χ3n) is 5.60. The molecular weight excluding hydrogens is 372 g/mol. The van der Waals surface area contributed by atoms with E-state index in [0.717, 1.165) is 17.7 Å². The Bertz CT molecular complexity index is 793. The van der Waals surface area contributed by atoms with Gasteiger partial charge in [0.25, 0.3) is 0 Å². The van der Waals surface area contributed by atoms with E-state index in [0.29, 0.717) is 32.5 Å². The fourth-order valence-corrected chi connectivity index (χ4v) is 5.27. The van der Waals surface area contributed by atoms with E-state index in [1.54, 1.807) is 4.90 Å². The molecule has 0 unspecified atom stereocenters. The van der Waals surface area contributed by atoms with Crippen molar-refractivity contribution in [2.45, 2.75) is 50.2 Å². The first-order chi connectivity index (χ1) is 11.6. The zero-order valence-corrected chi connectivity index (χ0v) is 17.6. The zero-order chi connectivity index (χ0) is 18.5. The quantitative estimate of drug-likeness (QED) is 0.828. The maximum atomic E-state index is 13.3. The second-order valence-electron chi connectivity index (χ2n) is 8.32. The first-order valence-corrected chi connectivity index (χ1v) is 10.8. The molecule has 2 aliphatic heterocycles. The van der Waals surface area contributed by atoms with Crippen LogP contribution in [0.3, 0.4) is 0 Å². The van der Waals surface area contributed by atoms with E-state index in [9.17, 15) is 13.2 Å². The third-order valence-corrected chi connectivity index (χ3v) is 7.60. The highest BCUT2D eigenvalue weighted by Crippen LogP contribution is 2.37. The molecule has 26 heavy (non-hydrogen) atoms. The van der Waals surface area contributed by atoms with Crippen LogP contribution in [-0.2, 0) is 26.5 Å². The number of rotatable bonds is 2. The lowest BCUT2D eigenvalue weighted by atomic mass is 9.86. The van der Waals surface area contributed by atoms with Crippen molar-refractivity contribution in [1.29, 1.82) is 0 Å². The Hall–Kier alpha value is -1.11. The molecule has 1 aromatic rings. The summed E-state index contributed by atoms with van der Waals surface area (Å²) >= 11 is 0. The smallest absolute Gasteiger partial charge is 0.248 e. The van der Waals surface area contributed by atoms with Crippen molar-refractivity contribution < 1.29 is 13.2 Å². The standard InChI is InChI=1S/C19H28N2O3S.ClH/c1-18(2,3)15-5-6-16-14(13-15)7-12-21(16)17(22)19(25(4,23)24)8-10-20-11-9-19;/h5-6,13,20H,7-12H2,1-4H3;1H. The number of nitrogens with zero attached hydrogens (tertiary/aromatic N) is 1. The molecule has 1 saturated heterocycles. The van der Waals surface area contributed by atoms with Gasteiger partial charge in [-0.2, -0.15) is 0 Å². The molecule has 0 bridgehead atoms. The summed E-state index contributed by atoms with van der Waals surface area (Å²) in [6, 6.07) is 6.20. The van der Waals surface area contributed by atoms with Crippen LogP contribution in [0.4, 0.5) is 5.69 Å². The molecule has 0 spiro atoms. The number of hydrogen-bond acceptors (Lipinski definition) is 4. The summed E-state index contributed by atoms with van der Waals surface area (Å²) in [5, 5.41) is 3.17. The predicted octanol–water partition coefficient (Wildman–Crippen LogP) is 2.46. The molecule has 1 aromatic carbocycles. The van der Waals surface area contributed by atoms with Crippen LogP contribution in [0.1, 0.15) is 44.7 Å². The van der Waals surface area contributed by atoms with Crippen molar-refractivity contribution in [3.63, 3.8) is 0 Å². The van der Waals surface area contributed by atoms with Crippen molar-refractivity contribution in [3.8, 4) is 0 Å². The number of halogens is 1. The molecule has 1 amide bonds. The molecule has 1 fully saturated rings. The topological polar surface area (TPSA) is 66.5 Å². The minimum Gasteiger partial charge on any atom is -0.317 e. The molecule has 1 N–H and O–H groups in total. The van der Waals surface area contributed by atoms with Crippen molar-refractivity contribution >= 4 is 33.8 Å². The molecule has 146 valence electrons. The van der Waals surface area contributed by atoms with Crippen LogP contribution < -0.4 is 10.2 Å². The van der Waals surface area contributed by atoms with Crippen LogP contribution in [0.5, 0.6) is 0 Å². The average Bonchev–Trinajstić information content (AvgIpc) is 2.96. The molecular formula is C19H29ClN2O3S.